The lowest BCUT2D eigenvalue weighted by atomic mass is 10.0. The van der Waals surface area contributed by atoms with Gasteiger partial charge in [-0.05, 0) is 29.8 Å². The van der Waals surface area contributed by atoms with Gasteiger partial charge in [0.1, 0.15) is 0 Å². The molecule has 2 aromatic carbocycles. The molecule has 1 aliphatic rings. The van der Waals surface area contributed by atoms with Crippen LogP contribution in [0.2, 0.25) is 10.0 Å². The van der Waals surface area contributed by atoms with Crippen LogP contribution in [-0.4, -0.2) is 17.2 Å². The van der Waals surface area contributed by atoms with Crippen molar-refractivity contribution in [2.45, 2.75) is 12.2 Å². The van der Waals surface area contributed by atoms with Crippen LogP contribution >= 0.6 is 23.2 Å². The zero-order chi connectivity index (χ0) is 15.0. The summed E-state index contributed by atoms with van der Waals surface area (Å²) >= 11 is 11.9. The van der Waals surface area contributed by atoms with E-state index in [-0.39, 0.29) is 0 Å². The van der Waals surface area contributed by atoms with Gasteiger partial charge in [0.05, 0.1) is 10.0 Å². The summed E-state index contributed by atoms with van der Waals surface area (Å²) in [6.07, 6.45) is -1.95. The molecule has 2 aromatic rings. The van der Waals surface area contributed by atoms with E-state index in [9.17, 15) is 9.90 Å². The Labute approximate surface area is 130 Å². The number of hydrogen-bond donors (Lipinski definition) is 1. The number of para-hydroxylation sites is 2. The van der Waals surface area contributed by atoms with E-state index in [1.54, 1.807) is 42.5 Å². The predicted octanol–water partition coefficient (Wildman–Crippen LogP) is 3.96. The molecule has 0 bridgehead atoms. The Bertz CT molecular complexity index is 702. The third-order valence-electron chi connectivity index (χ3n) is 3.15. The maximum atomic E-state index is 11.4. The Balaban J connectivity index is 2.03. The van der Waals surface area contributed by atoms with E-state index in [0.717, 1.165) is 0 Å². The molecule has 108 valence electrons. The topological polar surface area (TPSA) is 55.8 Å². The number of fused-ring (bicyclic) bond motifs is 1. The van der Waals surface area contributed by atoms with Crippen LogP contribution in [0.5, 0.6) is 11.5 Å². The van der Waals surface area contributed by atoms with E-state index in [2.05, 4.69) is 0 Å². The predicted molar refractivity (Wildman–Crippen MR) is 78.3 cm³/mol. The summed E-state index contributed by atoms with van der Waals surface area (Å²) in [4.78, 5) is 11.4. The Hall–Kier alpha value is -1.91. The number of ether oxygens (including phenoxy) is 2. The van der Waals surface area contributed by atoms with E-state index in [1.807, 2.05) is 0 Å². The smallest absolute Gasteiger partial charge is 0.349 e. The van der Waals surface area contributed by atoms with Gasteiger partial charge in [0.2, 0.25) is 6.10 Å². The van der Waals surface area contributed by atoms with Crippen molar-refractivity contribution >= 4 is 29.2 Å². The van der Waals surface area contributed by atoms with Crippen LogP contribution in [0.15, 0.2) is 42.5 Å². The standard InChI is InChI=1S/C15H10Cl2O4/c16-9-6-5-8(7-10(9)17)13-14(15(18)19)21-12-4-2-1-3-11(12)20-13/h1-7,13-14H,(H,18,19). The molecule has 21 heavy (non-hydrogen) atoms. The van der Waals surface area contributed by atoms with Gasteiger partial charge in [-0.2, -0.15) is 0 Å². The third-order valence-corrected chi connectivity index (χ3v) is 3.89. The molecule has 6 heteroatoms. The lowest BCUT2D eigenvalue weighted by Crippen LogP contribution is -2.39. The molecule has 0 amide bonds. The van der Waals surface area contributed by atoms with Gasteiger partial charge < -0.3 is 14.6 Å². The van der Waals surface area contributed by atoms with Crippen molar-refractivity contribution in [2.75, 3.05) is 0 Å². The molecule has 0 aromatic heterocycles. The van der Waals surface area contributed by atoms with E-state index in [1.165, 1.54) is 0 Å². The summed E-state index contributed by atoms with van der Waals surface area (Å²) in [5, 5.41) is 10.1. The highest BCUT2D eigenvalue weighted by Crippen LogP contribution is 2.40. The zero-order valence-electron chi connectivity index (χ0n) is 10.6. The minimum Gasteiger partial charge on any atom is -0.478 e. The van der Waals surface area contributed by atoms with E-state index in [0.29, 0.717) is 27.1 Å². The Morgan fingerprint density at radius 3 is 2.29 bits per heavy atom. The second-order valence-electron chi connectivity index (χ2n) is 4.54. The van der Waals surface area contributed by atoms with Crippen LogP contribution in [0.3, 0.4) is 0 Å². The van der Waals surface area contributed by atoms with Crippen LogP contribution in [0.4, 0.5) is 0 Å². The first-order valence-corrected chi connectivity index (χ1v) is 6.92. The van der Waals surface area contributed by atoms with Crippen molar-refractivity contribution in [1.82, 2.24) is 0 Å². The zero-order valence-corrected chi connectivity index (χ0v) is 12.1. The molecule has 0 saturated carbocycles. The van der Waals surface area contributed by atoms with Gasteiger partial charge in [-0.15, -0.1) is 0 Å². The molecule has 1 heterocycles. The first-order valence-electron chi connectivity index (χ1n) is 6.16. The van der Waals surface area contributed by atoms with Gasteiger partial charge in [-0.25, -0.2) is 4.79 Å². The maximum absolute atomic E-state index is 11.4. The molecule has 0 radical (unpaired) electrons. The van der Waals surface area contributed by atoms with Crippen molar-refractivity contribution in [2.24, 2.45) is 0 Å². The van der Waals surface area contributed by atoms with Crippen LogP contribution in [-0.2, 0) is 4.79 Å². The highest BCUT2D eigenvalue weighted by atomic mass is 35.5. The van der Waals surface area contributed by atoms with Crippen LogP contribution in [0, 0.1) is 0 Å². The largest absolute Gasteiger partial charge is 0.478 e. The molecular weight excluding hydrogens is 315 g/mol. The first kappa shape index (κ1) is 14.0. The maximum Gasteiger partial charge on any atom is 0.349 e. The first-order chi connectivity index (χ1) is 10.1. The summed E-state index contributed by atoms with van der Waals surface area (Å²) in [5.41, 5.74) is 0.589. The lowest BCUT2D eigenvalue weighted by Gasteiger charge is -2.31. The number of aliphatic carboxylic acids is 1. The summed E-state index contributed by atoms with van der Waals surface area (Å²) in [6, 6.07) is 11.8. The lowest BCUT2D eigenvalue weighted by molar-refractivity contribution is -0.151. The Morgan fingerprint density at radius 1 is 1.00 bits per heavy atom. The normalized spacial score (nSPS) is 20.1. The molecule has 2 unspecified atom stereocenters. The number of hydrogen-bond acceptors (Lipinski definition) is 3. The minimum atomic E-state index is -1.16. The van der Waals surface area contributed by atoms with Gasteiger partial charge >= 0.3 is 5.97 Å². The van der Waals surface area contributed by atoms with Crippen LogP contribution in [0.25, 0.3) is 0 Å². The number of carboxylic acid groups (broad SMARTS) is 1. The number of carbonyl (C=O) groups is 1. The Kier molecular flexibility index (Phi) is 3.66. The molecular formula is C15H10Cl2O4. The summed E-state index contributed by atoms with van der Waals surface area (Å²) in [7, 11) is 0. The second-order valence-corrected chi connectivity index (χ2v) is 5.35. The molecule has 2 atom stereocenters. The fourth-order valence-electron chi connectivity index (χ4n) is 2.15. The molecule has 1 N–H and O–H groups in total. The van der Waals surface area contributed by atoms with Gasteiger partial charge in [0.15, 0.2) is 17.6 Å². The summed E-state index contributed by atoms with van der Waals surface area (Å²) < 4.78 is 11.3. The average molecular weight is 325 g/mol. The minimum absolute atomic E-state index is 0.334. The van der Waals surface area contributed by atoms with Gasteiger partial charge in [0.25, 0.3) is 0 Å². The molecule has 3 rings (SSSR count). The van der Waals surface area contributed by atoms with Crippen molar-refractivity contribution in [3.8, 4) is 11.5 Å². The number of rotatable bonds is 2. The molecule has 1 aliphatic heterocycles. The second kappa shape index (κ2) is 5.47. The highest BCUT2D eigenvalue weighted by Gasteiger charge is 2.38. The fourth-order valence-corrected chi connectivity index (χ4v) is 2.46. The number of halogens is 2. The summed E-state index contributed by atoms with van der Waals surface area (Å²) in [5.74, 6) is -0.215. The number of benzene rings is 2. The monoisotopic (exact) mass is 324 g/mol. The number of carboxylic acids is 1. The van der Waals surface area contributed by atoms with Crippen LogP contribution < -0.4 is 9.47 Å². The third kappa shape index (κ3) is 2.64. The molecule has 4 nitrogen and oxygen atoms in total. The molecule has 0 saturated heterocycles. The molecule has 0 fully saturated rings. The SMILES string of the molecule is O=C(O)C1Oc2ccccc2OC1c1ccc(Cl)c(Cl)c1. The quantitative estimate of drug-likeness (QED) is 0.908. The van der Waals surface area contributed by atoms with Crippen LogP contribution in [0.1, 0.15) is 11.7 Å². The van der Waals surface area contributed by atoms with Gasteiger partial charge in [-0.1, -0.05) is 41.4 Å². The van der Waals surface area contributed by atoms with Crippen molar-refractivity contribution in [3.63, 3.8) is 0 Å². The van der Waals surface area contributed by atoms with Crippen molar-refractivity contribution in [1.29, 1.82) is 0 Å². The van der Waals surface area contributed by atoms with E-state index >= 15 is 0 Å². The molecule has 0 aliphatic carbocycles. The highest BCUT2D eigenvalue weighted by molar-refractivity contribution is 6.42. The fraction of sp³-hybridized carbons (Fsp3) is 0.133. The Morgan fingerprint density at radius 2 is 1.67 bits per heavy atom. The van der Waals surface area contributed by atoms with Crippen molar-refractivity contribution < 1.29 is 19.4 Å². The van der Waals surface area contributed by atoms with E-state index in [4.69, 9.17) is 32.7 Å². The summed E-state index contributed by atoms with van der Waals surface area (Å²) in [6.45, 7) is 0. The van der Waals surface area contributed by atoms with Crippen molar-refractivity contribution in [3.05, 3.63) is 58.1 Å². The van der Waals surface area contributed by atoms with E-state index < -0.39 is 18.2 Å². The van der Waals surface area contributed by atoms with Gasteiger partial charge in [-0.3, -0.25) is 0 Å². The average Bonchev–Trinajstić information content (AvgIpc) is 2.48. The molecule has 0 spiro atoms. The van der Waals surface area contributed by atoms with Gasteiger partial charge in [0, 0.05) is 0 Å².